The first-order valence-electron chi connectivity index (χ1n) is 6.41. The molecule has 0 fully saturated rings. The van der Waals surface area contributed by atoms with E-state index in [1.807, 2.05) is 0 Å². The van der Waals surface area contributed by atoms with E-state index >= 15 is 0 Å². The Morgan fingerprint density at radius 2 is 1.47 bits per heavy atom. The molecule has 0 aromatic carbocycles. The lowest BCUT2D eigenvalue weighted by atomic mass is 10.2. The molecule has 0 bridgehead atoms. The van der Waals surface area contributed by atoms with Crippen molar-refractivity contribution in [1.29, 1.82) is 0 Å². The molecule has 0 amide bonds. The molecule has 5 heteroatoms. The third kappa shape index (κ3) is 13.7. The lowest BCUT2D eigenvalue weighted by molar-refractivity contribution is 0.0123. The molecule has 0 aliphatic heterocycles. The van der Waals surface area contributed by atoms with E-state index in [-0.39, 0.29) is 12.6 Å². The molecule has 5 nitrogen and oxygen atoms in total. The molecule has 104 valence electrons. The van der Waals surface area contributed by atoms with E-state index in [2.05, 4.69) is 6.92 Å². The fraction of sp³-hybridized carbons (Fsp3) is 1.00. The Morgan fingerprint density at radius 3 is 2.00 bits per heavy atom. The van der Waals surface area contributed by atoms with E-state index in [4.69, 9.17) is 25.1 Å². The summed E-state index contributed by atoms with van der Waals surface area (Å²) in [5, 5.41) is 8.68. The van der Waals surface area contributed by atoms with Gasteiger partial charge in [-0.05, 0) is 12.8 Å². The summed E-state index contributed by atoms with van der Waals surface area (Å²) in [5.41, 5.74) is 5.52. The smallest absolute Gasteiger partial charge is 0.0701 e. The molecule has 0 aliphatic rings. The molecule has 1 unspecified atom stereocenters. The Kier molecular flexibility index (Phi) is 13.7. The van der Waals surface area contributed by atoms with Crippen LogP contribution in [0.25, 0.3) is 0 Å². The van der Waals surface area contributed by atoms with Crippen molar-refractivity contribution in [1.82, 2.24) is 0 Å². The number of unbranched alkanes of at least 4 members (excludes halogenated alkanes) is 1. The molecule has 0 heterocycles. The van der Waals surface area contributed by atoms with Crippen LogP contribution in [0, 0.1) is 0 Å². The molecule has 3 N–H and O–H groups in total. The number of aliphatic hydroxyl groups is 1. The Morgan fingerprint density at radius 1 is 0.941 bits per heavy atom. The summed E-state index contributed by atoms with van der Waals surface area (Å²) in [7, 11) is 0. The highest BCUT2D eigenvalue weighted by molar-refractivity contribution is 4.56. The van der Waals surface area contributed by atoms with Crippen molar-refractivity contribution >= 4 is 0 Å². The minimum Gasteiger partial charge on any atom is -0.395 e. The van der Waals surface area contributed by atoms with Gasteiger partial charge in [0.25, 0.3) is 0 Å². The third-order valence-corrected chi connectivity index (χ3v) is 2.25. The maximum Gasteiger partial charge on any atom is 0.0701 e. The topological polar surface area (TPSA) is 73.9 Å². The van der Waals surface area contributed by atoms with Crippen molar-refractivity contribution in [2.45, 2.75) is 32.2 Å². The zero-order valence-corrected chi connectivity index (χ0v) is 10.9. The Labute approximate surface area is 104 Å². The highest BCUT2D eigenvalue weighted by Crippen LogP contribution is 1.90. The molecule has 0 radical (unpaired) electrons. The van der Waals surface area contributed by atoms with Gasteiger partial charge >= 0.3 is 0 Å². The fourth-order valence-electron chi connectivity index (χ4n) is 1.11. The molecule has 1 atom stereocenters. The molecule has 0 rings (SSSR count). The van der Waals surface area contributed by atoms with Crippen molar-refractivity contribution in [2.75, 3.05) is 46.2 Å². The van der Waals surface area contributed by atoms with Gasteiger partial charge in [-0.15, -0.1) is 0 Å². The van der Waals surface area contributed by atoms with E-state index in [0.29, 0.717) is 39.5 Å². The minimum atomic E-state index is -0.178. The molecule has 0 aliphatic carbocycles. The van der Waals surface area contributed by atoms with Gasteiger partial charge in [0.05, 0.1) is 33.0 Å². The fourth-order valence-corrected chi connectivity index (χ4v) is 1.11. The zero-order valence-electron chi connectivity index (χ0n) is 10.9. The predicted molar refractivity (Wildman–Crippen MR) is 67.0 cm³/mol. The summed E-state index contributed by atoms with van der Waals surface area (Å²) in [5.74, 6) is 0. The Balaban J connectivity index is 2.94. The van der Waals surface area contributed by atoms with Crippen molar-refractivity contribution in [3.63, 3.8) is 0 Å². The summed E-state index contributed by atoms with van der Waals surface area (Å²) in [4.78, 5) is 0. The van der Waals surface area contributed by atoms with Crippen molar-refractivity contribution in [2.24, 2.45) is 5.73 Å². The second-order valence-corrected chi connectivity index (χ2v) is 3.92. The van der Waals surface area contributed by atoms with Gasteiger partial charge in [0.2, 0.25) is 0 Å². The summed E-state index contributed by atoms with van der Waals surface area (Å²) < 4.78 is 15.9. The molecular formula is C12H27NO4. The van der Waals surface area contributed by atoms with Crippen molar-refractivity contribution < 1.29 is 19.3 Å². The third-order valence-electron chi connectivity index (χ3n) is 2.25. The average molecular weight is 249 g/mol. The first-order chi connectivity index (χ1) is 8.31. The average Bonchev–Trinajstić information content (AvgIpc) is 2.35. The number of rotatable bonds is 13. The highest BCUT2D eigenvalue weighted by atomic mass is 16.5. The molecule has 0 saturated carbocycles. The van der Waals surface area contributed by atoms with E-state index in [1.54, 1.807) is 0 Å². The van der Waals surface area contributed by atoms with Gasteiger partial charge in [0.1, 0.15) is 0 Å². The molecule has 0 spiro atoms. The van der Waals surface area contributed by atoms with Crippen LogP contribution in [0.3, 0.4) is 0 Å². The van der Waals surface area contributed by atoms with E-state index in [0.717, 1.165) is 19.4 Å². The van der Waals surface area contributed by atoms with Crippen LogP contribution in [-0.2, 0) is 14.2 Å². The molecule has 0 aromatic heterocycles. The maximum absolute atomic E-state index is 8.68. The number of hydrogen-bond acceptors (Lipinski definition) is 5. The minimum absolute atomic E-state index is 0.00889. The van der Waals surface area contributed by atoms with Crippen LogP contribution in [-0.4, -0.2) is 57.4 Å². The molecule has 17 heavy (non-hydrogen) atoms. The summed E-state index contributed by atoms with van der Waals surface area (Å²) in [6, 6.07) is -0.178. The first-order valence-corrected chi connectivity index (χ1v) is 6.41. The van der Waals surface area contributed by atoms with Crippen LogP contribution < -0.4 is 5.73 Å². The standard InChI is InChI=1S/C12H27NO4/c1-2-3-5-15-7-9-17-10-8-16-6-4-12(13)11-14/h12,14H,2-11,13H2,1H3. The lowest BCUT2D eigenvalue weighted by Crippen LogP contribution is -2.26. The zero-order chi connectivity index (χ0) is 12.8. The van der Waals surface area contributed by atoms with Crippen LogP contribution in [0.5, 0.6) is 0 Å². The van der Waals surface area contributed by atoms with Crippen LogP contribution >= 0.6 is 0 Å². The quantitative estimate of drug-likeness (QED) is 0.466. The number of nitrogens with two attached hydrogens (primary N) is 1. The predicted octanol–water partition coefficient (Wildman–Crippen LogP) is 0.546. The van der Waals surface area contributed by atoms with Gasteiger partial charge in [-0.25, -0.2) is 0 Å². The summed E-state index contributed by atoms with van der Waals surface area (Å²) in [6.07, 6.45) is 2.94. The number of ether oxygens (including phenoxy) is 3. The molecular weight excluding hydrogens is 222 g/mol. The Hall–Kier alpha value is -0.200. The van der Waals surface area contributed by atoms with Gasteiger partial charge in [0, 0.05) is 19.3 Å². The van der Waals surface area contributed by atoms with Gasteiger partial charge < -0.3 is 25.1 Å². The van der Waals surface area contributed by atoms with E-state index in [1.165, 1.54) is 0 Å². The SMILES string of the molecule is CCCCOCCOCCOCCC(N)CO. The summed E-state index contributed by atoms with van der Waals surface area (Å²) in [6.45, 7) is 5.93. The van der Waals surface area contributed by atoms with Crippen molar-refractivity contribution in [3.8, 4) is 0 Å². The largest absolute Gasteiger partial charge is 0.395 e. The van der Waals surface area contributed by atoms with Gasteiger partial charge in [0.15, 0.2) is 0 Å². The van der Waals surface area contributed by atoms with Gasteiger partial charge in [-0.3, -0.25) is 0 Å². The first kappa shape index (κ1) is 16.8. The normalized spacial score (nSPS) is 12.9. The second kappa shape index (κ2) is 13.9. The monoisotopic (exact) mass is 249 g/mol. The highest BCUT2D eigenvalue weighted by Gasteiger charge is 1.99. The summed E-state index contributed by atoms with van der Waals surface area (Å²) >= 11 is 0. The number of aliphatic hydroxyl groups excluding tert-OH is 1. The van der Waals surface area contributed by atoms with Gasteiger partial charge in [-0.2, -0.15) is 0 Å². The van der Waals surface area contributed by atoms with Crippen molar-refractivity contribution in [3.05, 3.63) is 0 Å². The lowest BCUT2D eigenvalue weighted by Gasteiger charge is -2.09. The maximum atomic E-state index is 8.68. The van der Waals surface area contributed by atoms with E-state index < -0.39 is 0 Å². The number of hydrogen-bond donors (Lipinski definition) is 2. The Bertz CT molecular complexity index is 146. The van der Waals surface area contributed by atoms with Gasteiger partial charge in [-0.1, -0.05) is 13.3 Å². The van der Waals surface area contributed by atoms with E-state index in [9.17, 15) is 0 Å². The second-order valence-electron chi connectivity index (χ2n) is 3.92. The molecule has 0 saturated heterocycles. The van der Waals surface area contributed by atoms with Crippen LogP contribution in [0.4, 0.5) is 0 Å². The van der Waals surface area contributed by atoms with Crippen LogP contribution in [0.15, 0.2) is 0 Å². The molecule has 0 aromatic rings. The van der Waals surface area contributed by atoms with Crippen LogP contribution in [0.2, 0.25) is 0 Å². The van der Waals surface area contributed by atoms with Crippen LogP contribution in [0.1, 0.15) is 26.2 Å².